The van der Waals surface area contributed by atoms with Gasteiger partial charge in [0.05, 0.1) is 19.3 Å². The van der Waals surface area contributed by atoms with Crippen molar-refractivity contribution in [2.45, 2.75) is 12.6 Å². The van der Waals surface area contributed by atoms with Crippen molar-refractivity contribution in [2.75, 3.05) is 45.6 Å². The molecule has 2 rings (SSSR count). The van der Waals surface area contributed by atoms with Crippen molar-refractivity contribution in [2.24, 2.45) is 5.73 Å². The number of primary amides is 1. The van der Waals surface area contributed by atoms with Crippen molar-refractivity contribution >= 4 is 11.6 Å². The molecule has 116 valence electrons. The van der Waals surface area contributed by atoms with Gasteiger partial charge in [-0.1, -0.05) is 18.2 Å². The maximum absolute atomic E-state index is 11.3. The summed E-state index contributed by atoms with van der Waals surface area (Å²) in [6.07, 6.45) is 0.0908. The molecule has 1 aliphatic heterocycles. The SMILES string of the molecule is CN1CCOC(CN(CC(N)=O)Cc2ccccc2N)C1. The fraction of sp³-hybridized carbons (Fsp3) is 0.533. The minimum Gasteiger partial charge on any atom is -0.398 e. The average Bonchev–Trinajstić information content (AvgIpc) is 2.40. The zero-order chi connectivity index (χ0) is 15.2. The van der Waals surface area contributed by atoms with E-state index >= 15 is 0 Å². The lowest BCUT2D eigenvalue weighted by molar-refractivity contribution is -0.120. The summed E-state index contributed by atoms with van der Waals surface area (Å²) in [6, 6.07) is 7.68. The van der Waals surface area contributed by atoms with E-state index in [2.05, 4.69) is 11.9 Å². The summed E-state index contributed by atoms with van der Waals surface area (Å²) < 4.78 is 5.76. The first-order chi connectivity index (χ1) is 10.0. The van der Waals surface area contributed by atoms with Gasteiger partial charge < -0.3 is 21.1 Å². The van der Waals surface area contributed by atoms with Crippen LogP contribution in [0, 0.1) is 0 Å². The smallest absolute Gasteiger partial charge is 0.231 e. The van der Waals surface area contributed by atoms with E-state index in [1.807, 2.05) is 29.2 Å². The number of likely N-dealkylation sites (N-methyl/N-ethyl adjacent to an activating group) is 1. The number of carbonyl (C=O) groups is 1. The van der Waals surface area contributed by atoms with Crippen LogP contribution < -0.4 is 11.5 Å². The number of anilines is 1. The van der Waals surface area contributed by atoms with Gasteiger partial charge in [0.1, 0.15) is 0 Å². The van der Waals surface area contributed by atoms with Crippen molar-refractivity contribution in [3.05, 3.63) is 29.8 Å². The maximum Gasteiger partial charge on any atom is 0.231 e. The Balaban J connectivity index is 2.00. The molecule has 0 bridgehead atoms. The first kappa shape index (κ1) is 15.8. The molecular weight excluding hydrogens is 268 g/mol. The molecule has 1 heterocycles. The number of hydrogen-bond acceptors (Lipinski definition) is 5. The Labute approximate surface area is 125 Å². The molecule has 1 aromatic rings. The van der Waals surface area contributed by atoms with Gasteiger partial charge in [-0.15, -0.1) is 0 Å². The average molecular weight is 292 g/mol. The van der Waals surface area contributed by atoms with Gasteiger partial charge >= 0.3 is 0 Å². The Bertz CT molecular complexity index is 480. The number of benzene rings is 1. The number of ether oxygens (including phenoxy) is 1. The summed E-state index contributed by atoms with van der Waals surface area (Å²) in [5.74, 6) is -0.339. The van der Waals surface area contributed by atoms with Crippen LogP contribution in [-0.4, -0.2) is 61.6 Å². The molecule has 6 nitrogen and oxygen atoms in total. The van der Waals surface area contributed by atoms with Crippen LogP contribution >= 0.6 is 0 Å². The van der Waals surface area contributed by atoms with E-state index in [9.17, 15) is 4.79 Å². The third-order valence-electron chi connectivity index (χ3n) is 3.63. The first-order valence-corrected chi connectivity index (χ1v) is 7.19. The molecule has 0 aromatic heterocycles. The highest BCUT2D eigenvalue weighted by atomic mass is 16.5. The number of rotatable bonds is 6. The normalized spacial score (nSPS) is 19.8. The van der Waals surface area contributed by atoms with Crippen molar-refractivity contribution in [3.8, 4) is 0 Å². The van der Waals surface area contributed by atoms with E-state index in [-0.39, 0.29) is 18.6 Å². The number of para-hydroxylation sites is 1. The second-order valence-corrected chi connectivity index (χ2v) is 5.59. The summed E-state index contributed by atoms with van der Waals surface area (Å²) in [5, 5.41) is 0. The Kier molecular flexibility index (Phi) is 5.55. The van der Waals surface area contributed by atoms with Crippen molar-refractivity contribution in [3.63, 3.8) is 0 Å². The maximum atomic E-state index is 11.3. The molecule has 0 spiro atoms. The zero-order valence-electron chi connectivity index (χ0n) is 12.5. The van der Waals surface area contributed by atoms with Crippen LogP contribution in [0.2, 0.25) is 0 Å². The largest absolute Gasteiger partial charge is 0.398 e. The monoisotopic (exact) mass is 292 g/mol. The molecule has 6 heteroatoms. The van der Waals surface area contributed by atoms with Crippen LogP contribution in [0.4, 0.5) is 5.69 Å². The lowest BCUT2D eigenvalue weighted by Gasteiger charge is -2.33. The summed E-state index contributed by atoms with van der Waals surface area (Å²) >= 11 is 0. The highest BCUT2D eigenvalue weighted by Crippen LogP contribution is 2.14. The Hall–Kier alpha value is -1.63. The van der Waals surface area contributed by atoms with Crippen LogP contribution in [0.15, 0.2) is 24.3 Å². The number of amides is 1. The van der Waals surface area contributed by atoms with E-state index in [4.69, 9.17) is 16.2 Å². The third-order valence-corrected chi connectivity index (χ3v) is 3.63. The lowest BCUT2D eigenvalue weighted by atomic mass is 10.1. The second kappa shape index (κ2) is 7.40. The van der Waals surface area contributed by atoms with Crippen LogP contribution in [0.3, 0.4) is 0 Å². The number of hydrogen-bond donors (Lipinski definition) is 2. The number of carbonyl (C=O) groups excluding carboxylic acids is 1. The van der Waals surface area contributed by atoms with Gasteiger partial charge in [-0.3, -0.25) is 9.69 Å². The number of nitrogens with two attached hydrogens (primary N) is 2. The predicted molar refractivity (Wildman–Crippen MR) is 82.6 cm³/mol. The van der Waals surface area contributed by atoms with Gasteiger partial charge in [0.15, 0.2) is 0 Å². The zero-order valence-corrected chi connectivity index (χ0v) is 12.5. The molecule has 1 amide bonds. The van der Waals surface area contributed by atoms with Crippen molar-refractivity contribution in [1.29, 1.82) is 0 Å². The molecule has 1 aromatic carbocycles. The van der Waals surface area contributed by atoms with Gasteiger partial charge in [0.25, 0.3) is 0 Å². The van der Waals surface area contributed by atoms with Crippen LogP contribution in [0.25, 0.3) is 0 Å². The summed E-state index contributed by atoms with van der Waals surface area (Å²) in [6.45, 7) is 4.00. The van der Waals surface area contributed by atoms with E-state index in [0.717, 1.165) is 30.9 Å². The molecular formula is C15H24N4O2. The molecule has 1 aliphatic rings. The third kappa shape index (κ3) is 5.00. The van der Waals surface area contributed by atoms with Gasteiger partial charge in [0.2, 0.25) is 5.91 Å². The number of nitrogen functional groups attached to an aromatic ring is 1. The number of nitrogens with zero attached hydrogens (tertiary/aromatic N) is 2. The highest BCUT2D eigenvalue weighted by Gasteiger charge is 2.22. The van der Waals surface area contributed by atoms with Gasteiger partial charge in [0, 0.05) is 31.9 Å². The molecule has 1 saturated heterocycles. The van der Waals surface area contributed by atoms with E-state index in [1.165, 1.54) is 0 Å². The summed E-state index contributed by atoms with van der Waals surface area (Å²) in [5.41, 5.74) is 13.1. The van der Waals surface area contributed by atoms with Crippen LogP contribution in [0.5, 0.6) is 0 Å². The van der Waals surface area contributed by atoms with Gasteiger partial charge in [-0.2, -0.15) is 0 Å². The van der Waals surface area contributed by atoms with E-state index in [1.54, 1.807) is 0 Å². The molecule has 4 N–H and O–H groups in total. The summed E-state index contributed by atoms with van der Waals surface area (Å²) in [7, 11) is 2.07. The number of morpholine rings is 1. The molecule has 0 aliphatic carbocycles. The fourth-order valence-electron chi connectivity index (χ4n) is 2.59. The standard InChI is InChI=1S/C15H24N4O2/c1-18-6-7-21-13(9-18)10-19(11-15(17)20)8-12-4-2-3-5-14(12)16/h2-5,13H,6-11,16H2,1H3,(H2,17,20). The van der Waals surface area contributed by atoms with E-state index in [0.29, 0.717) is 13.1 Å². The van der Waals surface area contributed by atoms with Crippen LogP contribution in [-0.2, 0) is 16.1 Å². The Morgan fingerprint density at radius 1 is 1.48 bits per heavy atom. The topological polar surface area (TPSA) is 84.8 Å². The predicted octanol–water partition coefficient (Wildman–Crippen LogP) is -0.113. The molecule has 1 unspecified atom stereocenters. The molecule has 0 radical (unpaired) electrons. The fourth-order valence-corrected chi connectivity index (χ4v) is 2.59. The van der Waals surface area contributed by atoms with Gasteiger partial charge in [-0.25, -0.2) is 0 Å². The molecule has 1 atom stereocenters. The minimum atomic E-state index is -0.339. The Morgan fingerprint density at radius 3 is 2.90 bits per heavy atom. The molecule has 1 fully saturated rings. The van der Waals surface area contributed by atoms with E-state index < -0.39 is 0 Å². The molecule has 21 heavy (non-hydrogen) atoms. The quantitative estimate of drug-likeness (QED) is 0.715. The summed E-state index contributed by atoms with van der Waals surface area (Å²) in [4.78, 5) is 15.5. The lowest BCUT2D eigenvalue weighted by Crippen LogP contribution is -2.47. The minimum absolute atomic E-state index is 0.0908. The Morgan fingerprint density at radius 2 is 2.24 bits per heavy atom. The second-order valence-electron chi connectivity index (χ2n) is 5.59. The highest BCUT2D eigenvalue weighted by molar-refractivity contribution is 5.75. The molecule has 0 saturated carbocycles. The van der Waals surface area contributed by atoms with Crippen molar-refractivity contribution in [1.82, 2.24) is 9.80 Å². The van der Waals surface area contributed by atoms with Gasteiger partial charge in [-0.05, 0) is 18.7 Å². The van der Waals surface area contributed by atoms with Crippen LogP contribution in [0.1, 0.15) is 5.56 Å². The first-order valence-electron chi connectivity index (χ1n) is 7.19. The van der Waals surface area contributed by atoms with Crippen molar-refractivity contribution < 1.29 is 9.53 Å².